The predicted octanol–water partition coefficient (Wildman–Crippen LogP) is 0.0678. The van der Waals surface area contributed by atoms with E-state index in [2.05, 4.69) is 5.32 Å². The molecule has 0 heterocycles. The van der Waals surface area contributed by atoms with Gasteiger partial charge in [0.15, 0.2) is 0 Å². The predicted molar refractivity (Wildman–Crippen MR) is 45.9 cm³/mol. The van der Waals surface area contributed by atoms with E-state index >= 15 is 0 Å². The summed E-state index contributed by atoms with van der Waals surface area (Å²) in [6.45, 7) is 3.61. The van der Waals surface area contributed by atoms with Gasteiger partial charge in [0.25, 0.3) is 0 Å². The highest BCUT2D eigenvalue weighted by Crippen LogP contribution is 1.86. The van der Waals surface area contributed by atoms with Gasteiger partial charge in [-0.3, -0.25) is 9.59 Å². The molecule has 0 aromatic rings. The van der Waals surface area contributed by atoms with Crippen LogP contribution in [0.4, 0.5) is 0 Å². The van der Waals surface area contributed by atoms with E-state index in [0.717, 1.165) is 11.6 Å². The van der Waals surface area contributed by atoms with E-state index < -0.39 is 5.91 Å². The fourth-order valence-corrected chi connectivity index (χ4v) is 0.510. The minimum Gasteiger partial charge on any atom is -0.366 e. The van der Waals surface area contributed by atoms with Crippen molar-refractivity contribution in [2.45, 2.75) is 13.8 Å². The van der Waals surface area contributed by atoms with Crippen LogP contribution >= 0.6 is 0 Å². The van der Waals surface area contributed by atoms with Crippen LogP contribution < -0.4 is 11.1 Å². The summed E-state index contributed by atoms with van der Waals surface area (Å²) in [5.74, 6) is -0.861. The number of carbonyl (C=O) groups is 2. The zero-order valence-corrected chi connectivity index (χ0v) is 7.13. The molecule has 4 heteroatoms. The van der Waals surface area contributed by atoms with E-state index in [1.165, 1.54) is 12.3 Å². The minimum atomic E-state index is -0.590. The molecule has 0 bridgehead atoms. The lowest BCUT2D eigenvalue weighted by atomic mass is 10.3. The molecular formula is C8H12N2O2. The fourth-order valence-electron chi connectivity index (χ4n) is 0.510. The maximum atomic E-state index is 10.8. The number of amides is 2. The molecule has 0 aromatic carbocycles. The lowest BCUT2D eigenvalue weighted by molar-refractivity contribution is -0.115. The Kier molecular flexibility index (Phi) is 4.45. The number of hydrogen-bond acceptors (Lipinski definition) is 2. The molecule has 12 heavy (non-hydrogen) atoms. The van der Waals surface area contributed by atoms with Crippen LogP contribution in [0.15, 0.2) is 23.9 Å². The molecule has 0 aromatic heterocycles. The quantitative estimate of drug-likeness (QED) is 0.585. The van der Waals surface area contributed by atoms with Crippen LogP contribution in [0.3, 0.4) is 0 Å². The first-order valence-electron chi connectivity index (χ1n) is 3.43. The Morgan fingerprint density at radius 1 is 1.33 bits per heavy atom. The number of hydrogen-bond donors (Lipinski definition) is 2. The molecule has 0 aliphatic heterocycles. The summed E-state index contributed by atoms with van der Waals surface area (Å²) in [7, 11) is 0. The lowest BCUT2D eigenvalue weighted by Crippen LogP contribution is -2.16. The number of nitrogens with two attached hydrogens (primary N) is 1. The molecule has 0 unspecified atom stereocenters. The monoisotopic (exact) mass is 168 g/mol. The van der Waals surface area contributed by atoms with E-state index in [-0.39, 0.29) is 5.91 Å². The maximum Gasteiger partial charge on any atom is 0.247 e. The molecule has 0 aliphatic carbocycles. The third-order valence-corrected chi connectivity index (χ3v) is 0.893. The Labute approximate surface area is 71.1 Å². The summed E-state index contributed by atoms with van der Waals surface area (Å²) < 4.78 is 0. The van der Waals surface area contributed by atoms with Crippen LogP contribution in [0, 0.1) is 0 Å². The first kappa shape index (κ1) is 10.4. The van der Waals surface area contributed by atoms with Gasteiger partial charge in [0, 0.05) is 18.4 Å². The van der Waals surface area contributed by atoms with Crippen LogP contribution in [-0.2, 0) is 9.59 Å². The highest BCUT2D eigenvalue weighted by Gasteiger charge is 1.90. The Morgan fingerprint density at radius 2 is 1.92 bits per heavy atom. The van der Waals surface area contributed by atoms with Crippen molar-refractivity contribution in [2.75, 3.05) is 0 Å². The van der Waals surface area contributed by atoms with Crippen molar-refractivity contribution in [2.24, 2.45) is 5.73 Å². The average Bonchev–Trinajstić information content (AvgIpc) is 1.84. The molecule has 0 atom stereocenters. The van der Waals surface area contributed by atoms with Crippen molar-refractivity contribution in [3.63, 3.8) is 0 Å². The topological polar surface area (TPSA) is 72.2 Å². The average molecular weight is 168 g/mol. The lowest BCUT2D eigenvalue weighted by Gasteiger charge is -1.92. The van der Waals surface area contributed by atoms with E-state index in [4.69, 9.17) is 5.73 Å². The Balaban J connectivity index is 3.88. The minimum absolute atomic E-state index is 0.271. The van der Waals surface area contributed by atoms with Crippen LogP contribution in [0.25, 0.3) is 0 Å². The van der Waals surface area contributed by atoms with Crippen molar-refractivity contribution < 1.29 is 9.59 Å². The van der Waals surface area contributed by atoms with Crippen molar-refractivity contribution in [1.82, 2.24) is 5.32 Å². The van der Waals surface area contributed by atoms with Crippen molar-refractivity contribution in [1.29, 1.82) is 0 Å². The Hall–Kier alpha value is -1.58. The normalized spacial score (nSPS) is 9.50. The second-order valence-corrected chi connectivity index (χ2v) is 2.47. The number of primary amides is 1. The molecule has 0 radical (unpaired) electrons. The third kappa shape index (κ3) is 6.54. The van der Waals surface area contributed by atoms with Gasteiger partial charge in [-0.1, -0.05) is 5.57 Å². The standard InChI is InChI=1S/C8H12N2O2/c1-6(2)5-8(12)10-4-3-7(9)11/h3-5H,1-2H3,(H2,9,11)(H,10,12). The van der Waals surface area contributed by atoms with Crippen LogP contribution in [0.5, 0.6) is 0 Å². The molecule has 4 nitrogen and oxygen atoms in total. The second kappa shape index (κ2) is 5.12. The summed E-state index contributed by atoms with van der Waals surface area (Å²) in [6, 6.07) is 0. The molecule has 0 aliphatic rings. The van der Waals surface area contributed by atoms with Crippen LogP contribution in [-0.4, -0.2) is 11.8 Å². The van der Waals surface area contributed by atoms with Gasteiger partial charge in [-0.25, -0.2) is 0 Å². The van der Waals surface area contributed by atoms with Gasteiger partial charge in [-0.15, -0.1) is 0 Å². The smallest absolute Gasteiger partial charge is 0.247 e. The number of carbonyl (C=O) groups excluding carboxylic acids is 2. The molecule has 0 saturated heterocycles. The van der Waals surface area contributed by atoms with Crippen LogP contribution in [0.1, 0.15) is 13.8 Å². The van der Waals surface area contributed by atoms with Crippen LogP contribution in [0.2, 0.25) is 0 Å². The highest BCUT2D eigenvalue weighted by atomic mass is 16.2. The summed E-state index contributed by atoms with van der Waals surface area (Å²) in [5, 5.41) is 2.35. The first-order valence-corrected chi connectivity index (χ1v) is 3.43. The highest BCUT2D eigenvalue weighted by molar-refractivity contribution is 5.90. The first-order chi connectivity index (χ1) is 5.52. The molecule has 0 spiro atoms. The molecular weight excluding hydrogens is 156 g/mol. The maximum absolute atomic E-state index is 10.8. The molecule has 0 rings (SSSR count). The van der Waals surface area contributed by atoms with Gasteiger partial charge >= 0.3 is 0 Å². The Morgan fingerprint density at radius 3 is 2.33 bits per heavy atom. The van der Waals surface area contributed by atoms with Gasteiger partial charge < -0.3 is 11.1 Å². The van der Waals surface area contributed by atoms with Gasteiger partial charge in [0.2, 0.25) is 11.8 Å². The largest absolute Gasteiger partial charge is 0.366 e. The SMILES string of the molecule is CC(C)=CC(=O)NC=CC(N)=O. The van der Waals surface area contributed by atoms with Crippen molar-refractivity contribution >= 4 is 11.8 Å². The molecule has 0 saturated carbocycles. The van der Waals surface area contributed by atoms with Gasteiger partial charge in [-0.05, 0) is 13.8 Å². The summed E-state index contributed by atoms with van der Waals surface area (Å²) in [6.07, 6.45) is 3.71. The zero-order valence-electron chi connectivity index (χ0n) is 7.13. The van der Waals surface area contributed by atoms with Crippen molar-refractivity contribution in [3.8, 4) is 0 Å². The van der Waals surface area contributed by atoms with Gasteiger partial charge in [0.1, 0.15) is 0 Å². The van der Waals surface area contributed by atoms with E-state index in [9.17, 15) is 9.59 Å². The second-order valence-electron chi connectivity index (χ2n) is 2.47. The van der Waals surface area contributed by atoms with Gasteiger partial charge in [0.05, 0.1) is 0 Å². The number of allylic oxidation sites excluding steroid dienone is 1. The number of nitrogens with one attached hydrogen (secondary N) is 1. The van der Waals surface area contributed by atoms with E-state index in [1.54, 1.807) is 13.8 Å². The summed E-state index contributed by atoms with van der Waals surface area (Å²) in [5.41, 5.74) is 5.68. The molecule has 2 amide bonds. The third-order valence-electron chi connectivity index (χ3n) is 0.893. The molecule has 0 fully saturated rings. The van der Waals surface area contributed by atoms with E-state index in [0.29, 0.717) is 0 Å². The fraction of sp³-hybridized carbons (Fsp3) is 0.250. The summed E-state index contributed by atoms with van der Waals surface area (Å²) in [4.78, 5) is 21.0. The van der Waals surface area contributed by atoms with Gasteiger partial charge in [-0.2, -0.15) is 0 Å². The Bertz CT molecular complexity index is 237. The summed E-state index contributed by atoms with van der Waals surface area (Å²) >= 11 is 0. The molecule has 66 valence electrons. The molecule has 3 N–H and O–H groups in total. The zero-order chi connectivity index (χ0) is 9.56. The van der Waals surface area contributed by atoms with E-state index in [1.807, 2.05) is 0 Å². The van der Waals surface area contributed by atoms with Crippen molar-refractivity contribution in [3.05, 3.63) is 23.9 Å². The number of rotatable bonds is 3.